The number of hydrogen-bond acceptors (Lipinski definition) is 13. The van der Waals surface area contributed by atoms with E-state index in [0.29, 0.717) is 60.2 Å². The average Bonchev–Trinajstić information content (AvgIpc) is 4.02. The summed E-state index contributed by atoms with van der Waals surface area (Å²) in [6.45, 7) is 13.4. The predicted octanol–water partition coefficient (Wildman–Crippen LogP) is 10.4. The normalized spacial score (nSPS) is 16.2. The second kappa shape index (κ2) is 21.0. The second-order valence-corrected chi connectivity index (χ2v) is 22.0. The van der Waals surface area contributed by atoms with Gasteiger partial charge in [0.25, 0.3) is 5.91 Å². The quantitative estimate of drug-likeness (QED) is 0.0831. The van der Waals surface area contributed by atoms with Crippen molar-refractivity contribution in [2.24, 2.45) is 7.05 Å². The van der Waals surface area contributed by atoms with E-state index in [4.69, 9.17) is 19.6 Å². The third-order valence-electron chi connectivity index (χ3n) is 14.7. The van der Waals surface area contributed by atoms with E-state index in [-0.39, 0.29) is 23.4 Å². The molecule has 1 atom stereocenters. The van der Waals surface area contributed by atoms with Crippen molar-refractivity contribution in [1.29, 1.82) is 0 Å². The third kappa shape index (κ3) is 10.6. The molecule has 5 aromatic carbocycles. The number of pyridine rings is 1. The molecule has 0 radical (unpaired) electrons. The molecular formula is C60H61N9O6S. The van der Waals surface area contributed by atoms with Crippen LogP contribution in [0.4, 0.5) is 16.6 Å². The zero-order chi connectivity index (χ0) is 52.7. The zero-order valence-electron chi connectivity index (χ0n) is 43.5. The molecule has 8 aromatic rings. The third-order valence-corrected chi connectivity index (χ3v) is 15.6. The number of rotatable bonds is 13. The first kappa shape index (κ1) is 50.2. The Hall–Kier alpha value is -7.95. The number of carbonyl (C=O) groups is 4. The number of aryl methyl sites for hydroxylation is 2. The number of benzene rings is 5. The molecule has 388 valence electrons. The number of fused-ring (bicyclic) bond motifs is 3. The Balaban J connectivity index is 0.721. The highest BCUT2D eigenvalue weighted by molar-refractivity contribution is 7.22. The van der Waals surface area contributed by atoms with Gasteiger partial charge in [0.05, 0.1) is 27.3 Å². The van der Waals surface area contributed by atoms with Crippen LogP contribution in [0.2, 0.25) is 0 Å². The lowest BCUT2D eigenvalue weighted by Crippen LogP contribution is -2.46. The van der Waals surface area contributed by atoms with Gasteiger partial charge in [-0.25, -0.2) is 14.8 Å². The van der Waals surface area contributed by atoms with E-state index in [1.54, 1.807) is 0 Å². The van der Waals surface area contributed by atoms with Crippen LogP contribution >= 0.6 is 11.3 Å². The summed E-state index contributed by atoms with van der Waals surface area (Å²) in [5.74, 6) is 0.357. The number of piperidine rings is 1. The Labute approximate surface area is 445 Å². The smallest absolute Gasteiger partial charge is 0.358 e. The standard InChI is InChI=1S/C60H61N9O6S/c1-37-42(43-24-26-52(62-55(43)58(73)75-60(2,3)4)69-30-28-39-12-8-14-44(47(39)36-69)56(71)64-59-61-48-15-6-7-17-51(48)76-59)13-9-16-50(37)74-41-21-18-38(19-22-41)11-10-29-67-31-33-68(34-32-67)40-20-23-45-49(35-40)66(5)65-54(45)46-25-27-53(70)63-57(46)72/h6-9,12-24,26,35,46H,10-11,25,27-34,36H2,1-5H3,(H,61,64,71)(H,63,70,72). The lowest BCUT2D eigenvalue weighted by Gasteiger charge is -2.36. The number of nitrogens with zero attached hydrogens (tertiary/aromatic N) is 7. The van der Waals surface area contributed by atoms with Crippen molar-refractivity contribution in [1.82, 2.24) is 30.0 Å². The first-order chi connectivity index (χ1) is 36.7. The highest BCUT2D eigenvalue weighted by Gasteiger charge is 2.33. The molecule has 2 N–H and O–H groups in total. The summed E-state index contributed by atoms with van der Waals surface area (Å²) in [4.78, 5) is 69.0. The number of ether oxygens (including phenoxy) is 2. The fourth-order valence-corrected chi connectivity index (χ4v) is 11.6. The topological polar surface area (TPSA) is 164 Å². The Morgan fingerprint density at radius 3 is 2.42 bits per heavy atom. The van der Waals surface area contributed by atoms with Gasteiger partial charge in [-0.2, -0.15) is 5.10 Å². The van der Waals surface area contributed by atoms with Crippen molar-refractivity contribution in [2.45, 2.75) is 77.9 Å². The number of amides is 3. The number of carbonyl (C=O) groups excluding carboxylic acids is 4. The van der Waals surface area contributed by atoms with Crippen LogP contribution in [0.5, 0.6) is 11.5 Å². The van der Waals surface area contributed by atoms with Crippen molar-refractivity contribution in [3.8, 4) is 22.6 Å². The monoisotopic (exact) mass is 1040 g/mol. The number of thiazole rings is 1. The summed E-state index contributed by atoms with van der Waals surface area (Å²) >= 11 is 1.45. The molecule has 76 heavy (non-hydrogen) atoms. The molecule has 16 heteroatoms. The maximum atomic E-state index is 14.1. The van der Waals surface area contributed by atoms with Crippen LogP contribution in [-0.2, 0) is 40.8 Å². The molecule has 3 aliphatic heterocycles. The van der Waals surface area contributed by atoms with Crippen molar-refractivity contribution in [3.05, 3.63) is 154 Å². The molecule has 3 aliphatic rings. The molecule has 15 nitrogen and oxygen atoms in total. The molecule has 0 aliphatic carbocycles. The van der Waals surface area contributed by atoms with E-state index in [1.165, 1.54) is 16.9 Å². The predicted molar refractivity (Wildman–Crippen MR) is 298 cm³/mol. The summed E-state index contributed by atoms with van der Waals surface area (Å²) in [7, 11) is 1.91. The lowest BCUT2D eigenvalue weighted by atomic mass is 9.93. The highest BCUT2D eigenvalue weighted by atomic mass is 32.1. The molecule has 3 amide bonds. The number of hydrogen-bond donors (Lipinski definition) is 2. The number of para-hydroxylation sites is 1. The van der Waals surface area contributed by atoms with Crippen molar-refractivity contribution in [2.75, 3.05) is 54.4 Å². The van der Waals surface area contributed by atoms with Crippen LogP contribution in [0.3, 0.4) is 0 Å². The first-order valence-electron chi connectivity index (χ1n) is 26.1. The molecule has 1 unspecified atom stereocenters. The molecule has 0 saturated carbocycles. The van der Waals surface area contributed by atoms with Gasteiger partial charge in [0, 0.05) is 74.9 Å². The maximum Gasteiger partial charge on any atom is 0.358 e. The van der Waals surface area contributed by atoms with E-state index < -0.39 is 17.5 Å². The van der Waals surface area contributed by atoms with Gasteiger partial charge in [-0.05, 0) is 154 Å². The minimum absolute atomic E-state index is 0.206. The Bertz CT molecular complexity index is 3500. The van der Waals surface area contributed by atoms with E-state index in [2.05, 4.69) is 66.7 Å². The molecule has 2 saturated heterocycles. The zero-order valence-corrected chi connectivity index (χ0v) is 44.3. The van der Waals surface area contributed by atoms with E-state index >= 15 is 0 Å². The Morgan fingerprint density at radius 1 is 0.829 bits per heavy atom. The van der Waals surface area contributed by atoms with Crippen LogP contribution in [0, 0.1) is 6.92 Å². The number of imide groups is 1. The van der Waals surface area contributed by atoms with E-state index in [9.17, 15) is 19.2 Å². The summed E-state index contributed by atoms with van der Waals surface area (Å²) in [5.41, 5.74) is 9.31. The summed E-state index contributed by atoms with van der Waals surface area (Å²) < 4.78 is 15.4. The van der Waals surface area contributed by atoms with Gasteiger partial charge in [0.1, 0.15) is 22.9 Å². The summed E-state index contributed by atoms with van der Waals surface area (Å²) in [6.07, 6.45) is 3.49. The lowest BCUT2D eigenvalue weighted by molar-refractivity contribution is -0.134. The first-order valence-corrected chi connectivity index (χ1v) is 26.9. The molecule has 0 bridgehead atoms. The van der Waals surface area contributed by atoms with Gasteiger partial charge in [-0.1, -0.05) is 59.9 Å². The van der Waals surface area contributed by atoms with Gasteiger partial charge >= 0.3 is 5.97 Å². The number of nitrogens with one attached hydrogen (secondary N) is 2. The second-order valence-electron chi connectivity index (χ2n) is 20.9. The van der Waals surface area contributed by atoms with Crippen LogP contribution in [0.15, 0.2) is 115 Å². The van der Waals surface area contributed by atoms with E-state index in [1.807, 2.05) is 118 Å². The van der Waals surface area contributed by atoms with Crippen LogP contribution in [0.25, 0.3) is 32.2 Å². The van der Waals surface area contributed by atoms with Crippen molar-refractivity contribution in [3.63, 3.8) is 0 Å². The van der Waals surface area contributed by atoms with E-state index in [0.717, 1.165) is 106 Å². The highest BCUT2D eigenvalue weighted by Crippen LogP contribution is 2.38. The SMILES string of the molecule is Cc1c(Oc2ccc(CCCN3CCN(c4ccc5c(C6CCC(=O)NC6=O)nn(C)c5c4)CC3)cc2)cccc1-c1ccc(N2CCc3cccc(C(=O)Nc4nc5ccccc5s4)c3C2)nc1C(=O)OC(C)(C)C. The van der Waals surface area contributed by atoms with Gasteiger partial charge in [0.2, 0.25) is 11.8 Å². The van der Waals surface area contributed by atoms with Gasteiger partial charge < -0.3 is 19.3 Å². The minimum atomic E-state index is -0.752. The fraction of sp³-hybridized carbons (Fsp3) is 0.317. The summed E-state index contributed by atoms with van der Waals surface area (Å²) in [6, 6.07) is 38.1. The maximum absolute atomic E-state index is 14.1. The number of aromatic nitrogens is 4. The van der Waals surface area contributed by atoms with Gasteiger partial charge in [-0.3, -0.25) is 34.6 Å². The number of anilines is 3. The molecule has 6 heterocycles. The van der Waals surface area contributed by atoms with Crippen LogP contribution in [0.1, 0.15) is 94.7 Å². The van der Waals surface area contributed by atoms with Crippen LogP contribution < -0.4 is 25.2 Å². The number of esters is 1. The molecule has 2 fully saturated rings. The van der Waals surface area contributed by atoms with Crippen molar-refractivity contribution >= 4 is 72.8 Å². The number of piperazine rings is 1. The average molecular weight is 1040 g/mol. The Kier molecular flexibility index (Phi) is 13.9. The molecular weight excluding hydrogens is 975 g/mol. The van der Waals surface area contributed by atoms with Crippen molar-refractivity contribution < 1.29 is 28.7 Å². The summed E-state index contributed by atoms with van der Waals surface area (Å²) in [5, 5.41) is 11.7. The molecule has 11 rings (SSSR count). The Morgan fingerprint density at radius 2 is 1.63 bits per heavy atom. The van der Waals surface area contributed by atoms with Gasteiger partial charge in [0.15, 0.2) is 10.8 Å². The largest absolute Gasteiger partial charge is 0.457 e. The fourth-order valence-electron chi connectivity index (χ4n) is 10.7. The van der Waals surface area contributed by atoms with Crippen LogP contribution in [-0.4, -0.2) is 93.2 Å². The molecule has 0 spiro atoms. The van der Waals surface area contributed by atoms with Gasteiger partial charge in [-0.15, -0.1) is 0 Å². The molecule has 3 aromatic heterocycles. The minimum Gasteiger partial charge on any atom is -0.457 e.